The third-order valence-corrected chi connectivity index (χ3v) is 7.32. The van der Waals surface area contributed by atoms with Gasteiger partial charge in [-0.05, 0) is 49.2 Å². The van der Waals surface area contributed by atoms with Crippen molar-refractivity contribution in [1.82, 2.24) is 24.6 Å². The topological polar surface area (TPSA) is 75.4 Å². The first kappa shape index (κ1) is 26.4. The van der Waals surface area contributed by atoms with Gasteiger partial charge in [0.05, 0.1) is 17.6 Å². The Morgan fingerprint density at radius 2 is 1.46 bits per heavy atom. The molecule has 1 saturated heterocycles. The SMILES string of the molecule is CC(C)n1ncn(-c2ccc(N3CCN(CC(C(=O)NCc4ccccc4)c4ccccc4)CC3)cc2)c1=O. The van der Waals surface area contributed by atoms with Crippen molar-refractivity contribution in [3.63, 3.8) is 0 Å². The van der Waals surface area contributed by atoms with E-state index in [4.69, 9.17) is 0 Å². The molecule has 1 fully saturated rings. The minimum absolute atomic E-state index is 0.0192. The third kappa shape index (κ3) is 6.29. The van der Waals surface area contributed by atoms with E-state index in [1.165, 1.54) is 4.68 Å². The molecule has 4 aromatic rings. The van der Waals surface area contributed by atoms with Gasteiger partial charge in [0.25, 0.3) is 0 Å². The molecule has 1 atom stereocenters. The maximum atomic E-state index is 13.3. The predicted molar refractivity (Wildman–Crippen MR) is 154 cm³/mol. The van der Waals surface area contributed by atoms with Crippen molar-refractivity contribution in [2.24, 2.45) is 0 Å². The van der Waals surface area contributed by atoms with Gasteiger partial charge in [0.15, 0.2) is 0 Å². The van der Waals surface area contributed by atoms with E-state index in [1.807, 2.05) is 86.6 Å². The zero-order chi connectivity index (χ0) is 27.2. The molecule has 0 spiro atoms. The zero-order valence-corrected chi connectivity index (χ0v) is 22.6. The minimum atomic E-state index is -0.231. The van der Waals surface area contributed by atoms with Gasteiger partial charge in [-0.25, -0.2) is 14.0 Å². The van der Waals surface area contributed by atoms with Crippen molar-refractivity contribution in [2.45, 2.75) is 32.4 Å². The highest BCUT2D eigenvalue weighted by molar-refractivity contribution is 5.84. The second-order valence-corrected chi connectivity index (χ2v) is 10.3. The summed E-state index contributed by atoms with van der Waals surface area (Å²) in [6.45, 7) is 8.59. The molecular formula is C31H36N6O2. The molecule has 1 aliphatic heterocycles. The summed E-state index contributed by atoms with van der Waals surface area (Å²) in [5, 5.41) is 7.37. The summed E-state index contributed by atoms with van der Waals surface area (Å²) in [7, 11) is 0. The molecule has 1 unspecified atom stereocenters. The Morgan fingerprint density at radius 1 is 0.846 bits per heavy atom. The number of hydrogen-bond acceptors (Lipinski definition) is 5. The van der Waals surface area contributed by atoms with Gasteiger partial charge in [-0.3, -0.25) is 9.69 Å². The lowest BCUT2D eigenvalue weighted by Gasteiger charge is -2.37. The third-order valence-electron chi connectivity index (χ3n) is 7.32. The van der Waals surface area contributed by atoms with Crippen LogP contribution in [-0.4, -0.2) is 57.9 Å². The molecule has 0 bridgehead atoms. The molecule has 8 heteroatoms. The highest BCUT2D eigenvalue weighted by Crippen LogP contribution is 2.22. The Morgan fingerprint density at radius 3 is 2.08 bits per heavy atom. The highest BCUT2D eigenvalue weighted by Gasteiger charge is 2.26. The average Bonchev–Trinajstić information content (AvgIpc) is 3.37. The number of aromatic nitrogens is 3. The molecule has 0 saturated carbocycles. The molecule has 8 nitrogen and oxygen atoms in total. The van der Waals surface area contributed by atoms with Gasteiger partial charge in [0, 0.05) is 45.0 Å². The number of rotatable bonds is 9. The summed E-state index contributed by atoms with van der Waals surface area (Å²) in [6, 6.07) is 28.2. The van der Waals surface area contributed by atoms with E-state index in [-0.39, 0.29) is 23.6 Å². The van der Waals surface area contributed by atoms with Crippen molar-refractivity contribution in [3.05, 3.63) is 113 Å². The number of piperazine rings is 1. The number of hydrogen-bond donors (Lipinski definition) is 1. The van der Waals surface area contributed by atoms with E-state index < -0.39 is 0 Å². The second kappa shape index (κ2) is 12.1. The van der Waals surface area contributed by atoms with Crippen LogP contribution in [0.1, 0.15) is 36.9 Å². The van der Waals surface area contributed by atoms with Crippen molar-refractivity contribution in [1.29, 1.82) is 0 Å². The highest BCUT2D eigenvalue weighted by atomic mass is 16.2. The number of benzene rings is 3. The Balaban J connectivity index is 1.20. The standard InChI is InChI=1S/C31H36N6O2/c1-24(2)37-31(39)36(23-33-37)28-15-13-27(14-16-28)35-19-17-34(18-20-35)22-29(26-11-7-4-8-12-26)30(38)32-21-25-9-5-3-6-10-25/h3-16,23-24,29H,17-22H2,1-2H3,(H,32,38). The van der Waals surface area contributed by atoms with Crippen LogP contribution in [0.4, 0.5) is 5.69 Å². The number of carbonyl (C=O) groups excluding carboxylic acids is 1. The van der Waals surface area contributed by atoms with Gasteiger partial charge in [-0.1, -0.05) is 60.7 Å². The van der Waals surface area contributed by atoms with Crippen molar-refractivity contribution in [2.75, 3.05) is 37.6 Å². The monoisotopic (exact) mass is 524 g/mol. The average molecular weight is 525 g/mol. The Kier molecular flexibility index (Phi) is 8.22. The fourth-order valence-corrected chi connectivity index (χ4v) is 5.05. The Bertz CT molecular complexity index is 1400. The van der Waals surface area contributed by atoms with E-state index in [0.717, 1.165) is 48.7 Å². The molecule has 5 rings (SSSR count). The van der Waals surface area contributed by atoms with Gasteiger partial charge in [0.2, 0.25) is 5.91 Å². The van der Waals surface area contributed by atoms with Crippen LogP contribution in [0.2, 0.25) is 0 Å². The van der Waals surface area contributed by atoms with Crippen molar-refractivity contribution < 1.29 is 4.79 Å². The maximum absolute atomic E-state index is 13.3. The van der Waals surface area contributed by atoms with Crippen LogP contribution in [0.3, 0.4) is 0 Å². The molecule has 1 aliphatic rings. The van der Waals surface area contributed by atoms with Crippen molar-refractivity contribution >= 4 is 11.6 Å². The summed E-state index contributed by atoms with van der Waals surface area (Å²) < 4.78 is 3.06. The minimum Gasteiger partial charge on any atom is -0.369 e. The summed E-state index contributed by atoms with van der Waals surface area (Å²) in [5.41, 5.74) is 3.93. The van der Waals surface area contributed by atoms with Gasteiger partial charge in [-0.2, -0.15) is 5.10 Å². The molecular weight excluding hydrogens is 488 g/mol. The lowest BCUT2D eigenvalue weighted by Crippen LogP contribution is -2.49. The Hall–Kier alpha value is -4.17. The summed E-state index contributed by atoms with van der Waals surface area (Å²) in [4.78, 5) is 30.6. The van der Waals surface area contributed by atoms with Crippen LogP contribution in [0, 0.1) is 0 Å². The molecule has 3 aromatic carbocycles. The summed E-state index contributed by atoms with van der Waals surface area (Å²) >= 11 is 0. The van der Waals surface area contributed by atoms with Crippen molar-refractivity contribution in [3.8, 4) is 5.69 Å². The fraction of sp³-hybridized carbons (Fsp3) is 0.323. The van der Waals surface area contributed by atoms with Crippen LogP contribution < -0.4 is 15.9 Å². The van der Waals surface area contributed by atoms with E-state index in [0.29, 0.717) is 13.1 Å². The summed E-state index contributed by atoms with van der Waals surface area (Å²) in [5.74, 6) is -0.176. The predicted octanol–water partition coefficient (Wildman–Crippen LogP) is 3.84. The second-order valence-electron chi connectivity index (χ2n) is 10.3. The normalized spacial score (nSPS) is 14.9. The molecule has 2 heterocycles. The molecule has 39 heavy (non-hydrogen) atoms. The van der Waals surface area contributed by atoms with Gasteiger partial charge < -0.3 is 10.2 Å². The van der Waals surface area contributed by atoms with E-state index in [9.17, 15) is 9.59 Å². The van der Waals surface area contributed by atoms with E-state index >= 15 is 0 Å². The molecule has 1 amide bonds. The van der Waals surface area contributed by atoms with Crippen LogP contribution in [-0.2, 0) is 11.3 Å². The van der Waals surface area contributed by atoms with E-state index in [1.54, 1.807) is 10.9 Å². The molecule has 1 N–H and O–H groups in total. The molecule has 0 radical (unpaired) electrons. The van der Waals surface area contributed by atoms with Gasteiger partial charge in [-0.15, -0.1) is 0 Å². The fourth-order valence-electron chi connectivity index (χ4n) is 5.05. The number of carbonyl (C=O) groups is 1. The van der Waals surface area contributed by atoms with E-state index in [2.05, 4.69) is 32.3 Å². The van der Waals surface area contributed by atoms with Gasteiger partial charge in [0.1, 0.15) is 6.33 Å². The van der Waals surface area contributed by atoms with Crippen LogP contribution in [0.5, 0.6) is 0 Å². The van der Waals surface area contributed by atoms with Crippen LogP contribution >= 0.6 is 0 Å². The smallest absolute Gasteiger partial charge is 0.350 e. The Labute approximate surface area is 229 Å². The lowest BCUT2D eigenvalue weighted by molar-refractivity contribution is -0.123. The first-order valence-electron chi connectivity index (χ1n) is 13.6. The quantitative estimate of drug-likeness (QED) is 0.360. The zero-order valence-electron chi connectivity index (χ0n) is 22.6. The maximum Gasteiger partial charge on any atom is 0.350 e. The number of anilines is 1. The summed E-state index contributed by atoms with van der Waals surface area (Å²) in [6.07, 6.45) is 1.58. The first-order chi connectivity index (χ1) is 19.0. The largest absolute Gasteiger partial charge is 0.369 e. The first-order valence-corrected chi connectivity index (χ1v) is 13.6. The van der Waals surface area contributed by atoms with Crippen LogP contribution in [0.25, 0.3) is 5.69 Å². The molecule has 0 aliphatic carbocycles. The lowest BCUT2D eigenvalue weighted by atomic mass is 9.97. The number of nitrogens with zero attached hydrogens (tertiary/aromatic N) is 5. The molecule has 1 aromatic heterocycles. The molecule has 202 valence electrons. The number of nitrogens with one attached hydrogen (secondary N) is 1. The van der Waals surface area contributed by atoms with Crippen LogP contribution in [0.15, 0.2) is 96.1 Å². The van der Waals surface area contributed by atoms with Gasteiger partial charge >= 0.3 is 5.69 Å². The number of amides is 1.